The molecule has 138 valence electrons. The van der Waals surface area contributed by atoms with Crippen molar-refractivity contribution in [2.24, 2.45) is 0 Å². The van der Waals surface area contributed by atoms with E-state index < -0.39 is 10.0 Å². The number of hydrogen-bond donors (Lipinski definition) is 1. The van der Waals surface area contributed by atoms with Gasteiger partial charge in [-0.25, -0.2) is 13.1 Å². The maximum atomic E-state index is 11.2. The highest BCUT2D eigenvalue weighted by Crippen LogP contribution is 2.18. The first-order chi connectivity index (χ1) is 11.9. The third-order valence-corrected chi connectivity index (χ3v) is 4.92. The van der Waals surface area contributed by atoms with Gasteiger partial charge in [0.25, 0.3) is 0 Å². The Morgan fingerprint density at radius 3 is 2.84 bits per heavy atom. The van der Waals surface area contributed by atoms with Crippen LogP contribution in [0.1, 0.15) is 42.7 Å². The lowest BCUT2D eigenvalue weighted by molar-refractivity contribution is 0.236. The molecular weight excluding hydrogens is 340 g/mol. The van der Waals surface area contributed by atoms with E-state index in [0.29, 0.717) is 0 Å². The molecule has 3 heterocycles. The number of furan rings is 1. The van der Waals surface area contributed by atoms with E-state index in [9.17, 15) is 8.42 Å². The van der Waals surface area contributed by atoms with Crippen LogP contribution in [0.2, 0.25) is 0 Å². The van der Waals surface area contributed by atoms with Crippen molar-refractivity contribution in [3.63, 3.8) is 0 Å². The molecule has 0 atom stereocenters. The van der Waals surface area contributed by atoms with Gasteiger partial charge in [0.05, 0.1) is 30.7 Å². The molecule has 25 heavy (non-hydrogen) atoms. The van der Waals surface area contributed by atoms with E-state index in [2.05, 4.69) is 33.8 Å². The predicted molar refractivity (Wildman–Crippen MR) is 95.3 cm³/mol. The molecular formula is C17H26N4O3S. The van der Waals surface area contributed by atoms with Gasteiger partial charge < -0.3 is 4.42 Å². The van der Waals surface area contributed by atoms with Crippen LogP contribution in [0.3, 0.4) is 0 Å². The quantitative estimate of drug-likeness (QED) is 0.809. The lowest BCUT2D eigenvalue weighted by Crippen LogP contribution is -2.22. The van der Waals surface area contributed by atoms with E-state index in [4.69, 9.17) is 4.42 Å². The summed E-state index contributed by atoms with van der Waals surface area (Å²) >= 11 is 0. The molecule has 0 aromatic carbocycles. The SMILES string of the molecule is CCCc1ccc(CN2CCCn3nc(CNS(C)(=O)=O)cc3C2)o1. The molecule has 0 spiro atoms. The fourth-order valence-corrected chi connectivity index (χ4v) is 3.53. The zero-order valence-corrected chi connectivity index (χ0v) is 15.7. The summed E-state index contributed by atoms with van der Waals surface area (Å²) in [7, 11) is -3.21. The van der Waals surface area contributed by atoms with Crippen molar-refractivity contribution >= 4 is 10.0 Å². The maximum absolute atomic E-state index is 11.2. The van der Waals surface area contributed by atoms with E-state index in [1.165, 1.54) is 0 Å². The van der Waals surface area contributed by atoms with Gasteiger partial charge in [0.1, 0.15) is 11.5 Å². The first kappa shape index (κ1) is 18.2. The van der Waals surface area contributed by atoms with Gasteiger partial charge in [-0.05, 0) is 31.0 Å². The van der Waals surface area contributed by atoms with Crippen LogP contribution in [0, 0.1) is 0 Å². The first-order valence-electron chi connectivity index (χ1n) is 8.73. The molecule has 0 amide bonds. The molecule has 0 bridgehead atoms. The van der Waals surface area contributed by atoms with Gasteiger partial charge in [0.2, 0.25) is 10.0 Å². The molecule has 1 aliphatic heterocycles. The van der Waals surface area contributed by atoms with Crippen molar-refractivity contribution in [3.8, 4) is 0 Å². The average molecular weight is 366 g/mol. The minimum absolute atomic E-state index is 0.234. The van der Waals surface area contributed by atoms with E-state index >= 15 is 0 Å². The highest BCUT2D eigenvalue weighted by Gasteiger charge is 2.18. The molecule has 2 aromatic heterocycles. The van der Waals surface area contributed by atoms with Gasteiger partial charge in [-0.15, -0.1) is 0 Å². The number of hydrogen-bond acceptors (Lipinski definition) is 5. The summed E-state index contributed by atoms with van der Waals surface area (Å²) in [6.07, 6.45) is 4.23. The van der Waals surface area contributed by atoms with Gasteiger partial charge in [0.15, 0.2) is 0 Å². The van der Waals surface area contributed by atoms with Crippen molar-refractivity contribution in [1.29, 1.82) is 0 Å². The molecule has 0 fully saturated rings. The standard InChI is InChI=1S/C17H26N4O3S/c1-3-5-16-6-7-17(24-16)13-20-8-4-9-21-15(12-20)10-14(19-21)11-18-25(2,22)23/h6-7,10,18H,3-5,8-9,11-13H2,1-2H3. The van der Waals surface area contributed by atoms with Crippen molar-refractivity contribution in [1.82, 2.24) is 19.4 Å². The summed E-state index contributed by atoms with van der Waals surface area (Å²) in [5.74, 6) is 2.04. The average Bonchev–Trinajstić information content (AvgIpc) is 3.08. The number of aromatic nitrogens is 2. The molecule has 0 saturated heterocycles. The fourth-order valence-electron chi connectivity index (χ4n) is 3.12. The summed E-state index contributed by atoms with van der Waals surface area (Å²) in [4.78, 5) is 2.35. The molecule has 1 N–H and O–H groups in total. The Bertz CT molecular complexity index is 810. The van der Waals surface area contributed by atoms with Crippen LogP contribution in [-0.4, -0.2) is 35.9 Å². The molecule has 3 rings (SSSR count). The molecule has 0 saturated carbocycles. The Kier molecular flexibility index (Phi) is 5.61. The van der Waals surface area contributed by atoms with Gasteiger partial charge in [0, 0.05) is 26.1 Å². The Morgan fingerprint density at radius 2 is 2.08 bits per heavy atom. The molecule has 0 unspecified atom stereocenters. The first-order valence-corrected chi connectivity index (χ1v) is 10.6. The van der Waals surface area contributed by atoms with Crippen LogP contribution in [0.25, 0.3) is 0 Å². The molecule has 8 heteroatoms. The summed E-state index contributed by atoms with van der Waals surface area (Å²) in [5, 5.41) is 4.52. The number of rotatable bonds is 7. The largest absolute Gasteiger partial charge is 0.465 e. The molecule has 0 radical (unpaired) electrons. The molecule has 2 aromatic rings. The van der Waals surface area contributed by atoms with E-state index in [1.54, 1.807) is 0 Å². The Labute approximate surface area is 149 Å². The molecule has 0 aliphatic carbocycles. The second-order valence-corrected chi connectivity index (χ2v) is 8.46. The highest BCUT2D eigenvalue weighted by atomic mass is 32.2. The van der Waals surface area contributed by atoms with Gasteiger partial charge >= 0.3 is 0 Å². The second-order valence-electron chi connectivity index (χ2n) is 6.63. The third kappa shape index (κ3) is 5.17. The molecule has 1 aliphatic rings. The van der Waals surface area contributed by atoms with Crippen LogP contribution in [0.4, 0.5) is 0 Å². The van der Waals surface area contributed by atoms with Gasteiger partial charge in [-0.3, -0.25) is 9.58 Å². The second kappa shape index (κ2) is 7.72. The topological polar surface area (TPSA) is 80.4 Å². The Balaban J connectivity index is 1.64. The van der Waals surface area contributed by atoms with Crippen LogP contribution in [-0.2, 0) is 42.6 Å². The van der Waals surface area contributed by atoms with E-state index in [1.807, 2.05) is 10.7 Å². The minimum Gasteiger partial charge on any atom is -0.465 e. The normalized spacial score (nSPS) is 15.9. The van der Waals surface area contributed by atoms with E-state index in [-0.39, 0.29) is 6.54 Å². The third-order valence-electron chi connectivity index (χ3n) is 4.25. The van der Waals surface area contributed by atoms with Crippen LogP contribution in [0.15, 0.2) is 22.6 Å². The number of fused-ring (bicyclic) bond motifs is 1. The highest BCUT2D eigenvalue weighted by molar-refractivity contribution is 7.88. The van der Waals surface area contributed by atoms with Crippen LogP contribution >= 0.6 is 0 Å². The lowest BCUT2D eigenvalue weighted by atomic mass is 10.3. The summed E-state index contributed by atoms with van der Waals surface area (Å²) in [6, 6.07) is 6.12. The fraction of sp³-hybridized carbons (Fsp3) is 0.588. The van der Waals surface area contributed by atoms with Gasteiger partial charge in [-0.1, -0.05) is 6.92 Å². The number of nitrogens with zero attached hydrogens (tertiary/aromatic N) is 3. The van der Waals surface area contributed by atoms with Crippen molar-refractivity contribution in [3.05, 3.63) is 41.1 Å². The van der Waals surface area contributed by atoms with Crippen molar-refractivity contribution in [2.75, 3.05) is 12.8 Å². The number of aryl methyl sites for hydroxylation is 2. The maximum Gasteiger partial charge on any atom is 0.209 e. The summed E-state index contributed by atoms with van der Waals surface area (Å²) < 4.78 is 32.9. The zero-order valence-electron chi connectivity index (χ0n) is 14.9. The van der Waals surface area contributed by atoms with Crippen molar-refractivity contribution < 1.29 is 12.8 Å². The molecule has 7 nitrogen and oxygen atoms in total. The summed E-state index contributed by atoms with van der Waals surface area (Å²) in [5.41, 5.74) is 1.87. The van der Waals surface area contributed by atoms with Gasteiger partial charge in [-0.2, -0.15) is 5.10 Å². The predicted octanol–water partition coefficient (Wildman–Crippen LogP) is 1.88. The summed E-state index contributed by atoms with van der Waals surface area (Å²) in [6.45, 7) is 5.79. The number of nitrogens with one attached hydrogen (secondary N) is 1. The van der Waals surface area contributed by atoms with Crippen LogP contribution < -0.4 is 4.72 Å². The Hall–Kier alpha value is -1.64. The van der Waals surface area contributed by atoms with Crippen molar-refractivity contribution in [2.45, 2.75) is 52.4 Å². The minimum atomic E-state index is -3.21. The smallest absolute Gasteiger partial charge is 0.209 e. The van der Waals surface area contributed by atoms with E-state index in [0.717, 1.165) is 74.6 Å². The zero-order chi connectivity index (χ0) is 17.9. The lowest BCUT2D eigenvalue weighted by Gasteiger charge is -2.17. The monoisotopic (exact) mass is 366 g/mol. The number of sulfonamides is 1. The van der Waals surface area contributed by atoms with Crippen LogP contribution in [0.5, 0.6) is 0 Å². The Morgan fingerprint density at radius 1 is 1.28 bits per heavy atom.